The van der Waals surface area contributed by atoms with Gasteiger partial charge >= 0.3 is 12.4 Å². The van der Waals surface area contributed by atoms with Crippen LogP contribution in [0.3, 0.4) is 0 Å². The van der Waals surface area contributed by atoms with Crippen LogP contribution in [0.2, 0.25) is 5.02 Å². The van der Waals surface area contributed by atoms with E-state index in [1.165, 1.54) is 23.1 Å². The van der Waals surface area contributed by atoms with E-state index in [9.17, 15) is 45.5 Å². The van der Waals surface area contributed by atoms with Gasteiger partial charge in [-0.1, -0.05) is 29.8 Å². The van der Waals surface area contributed by atoms with Gasteiger partial charge in [-0.05, 0) is 79.3 Å². The number of benzene rings is 3. The monoisotopic (exact) mass is 794 g/mol. The highest BCUT2D eigenvalue weighted by atomic mass is 35.5. The molecule has 1 atom stereocenters. The maximum Gasteiger partial charge on any atom is 0.454 e. The van der Waals surface area contributed by atoms with E-state index in [0.29, 0.717) is 50.3 Å². The number of amides is 3. The Balaban J connectivity index is 1.26. The standard InChI is InChI=1S/C38H41ClF6N6O4/c39-31-21-24(20-30(34(31)47)37(40,41)42)19-27(36(55)50-17-15-48(16-18-50)28-7-5-26(6-8-28)35(54)38(43,44)45)22-33(53)49-13-10-29(11-14-49)51(23-52)12-9-25-3-1-2-4-32(25)46/h1-8,20-21,23,27,29H,9-19,22,46-47H2/t27-/m0/s1. The Morgan fingerprint density at radius 1 is 0.873 bits per heavy atom. The van der Waals surface area contributed by atoms with E-state index in [1.807, 2.05) is 23.1 Å². The van der Waals surface area contributed by atoms with Gasteiger partial charge in [-0.25, -0.2) is 0 Å². The van der Waals surface area contributed by atoms with Crippen molar-refractivity contribution >= 4 is 52.7 Å². The van der Waals surface area contributed by atoms with Gasteiger partial charge in [-0.3, -0.25) is 19.2 Å². The van der Waals surface area contributed by atoms with Gasteiger partial charge in [0.1, 0.15) is 0 Å². The minimum absolute atomic E-state index is 0.0733. The molecule has 10 nitrogen and oxygen atoms in total. The van der Waals surface area contributed by atoms with Crippen LogP contribution in [0.15, 0.2) is 60.7 Å². The third kappa shape index (κ3) is 10.2. The molecule has 3 aromatic carbocycles. The van der Waals surface area contributed by atoms with E-state index in [4.69, 9.17) is 23.1 Å². The van der Waals surface area contributed by atoms with E-state index < -0.39 is 46.8 Å². The summed E-state index contributed by atoms with van der Waals surface area (Å²) in [6.07, 6.45) is -8.04. The summed E-state index contributed by atoms with van der Waals surface area (Å²) in [5.41, 5.74) is 11.5. The molecule has 2 heterocycles. The topological polar surface area (TPSA) is 133 Å². The molecule has 2 fully saturated rings. The molecule has 0 spiro atoms. The number of alkyl halides is 6. The number of hydrogen-bond acceptors (Lipinski definition) is 7. The molecule has 0 aromatic heterocycles. The number of piperidine rings is 1. The van der Waals surface area contributed by atoms with E-state index in [1.54, 1.807) is 15.9 Å². The molecule has 296 valence electrons. The Hall–Kier alpha value is -4.99. The number of carbonyl (C=O) groups is 4. The third-order valence-corrected chi connectivity index (χ3v) is 10.5. The van der Waals surface area contributed by atoms with Crippen LogP contribution < -0.4 is 16.4 Å². The van der Waals surface area contributed by atoms with Gasteiger partial charge in [0, 0.05) is 75.2 Å². The van der Waals surface area contributed by atoms with Crippen LogP contribution >= 0.6 is 11.6 Å². The molecule has 0 radical (unpaired) electrons. The molecular formula is C38H41ClF6N6O4. The normalized spacial score (nSPS) is 16.2. The Morgan fingerprint density at radius 2 is 1.51 bits per heavy atom. The smallest absolute Gasteiger partial charge is 0.399 e. The fraction of sp³-hybridized carbons (Fsp3) is 0.421. The molecule has 2 aliphatic rings. The number of anilines is 3. The fourth-order valence-corrected chi connectivity index (χ4v) is 7.35. The van der Waals surface area contributed by atoms with Crippen molar-refractivity contribution in [1.29, 1.82) is 0 Å². The maximum absolute atomic E-state index is 14.1. The lowest BCUT2D eigenvalue weighted by molar-refractivity contribution is -0.142. The average Bonchev–Trinajstić information content (AvgIpc) is 3.15. The van der Waals surface area contributed by atoms with Gasteiger partial charge < -0.3 is 31.1 Å². The Morgan fingerprint density at radius 3 is 2.09 bits per heavy atom. The molecule has 4 N–H and O–H groups in total. The van der Waals surface area contributed by atoms with Crippen molar-refractivity contribution in [2.24, 2.45) is 5.92 Å². The predicted molar refractivity (Wildman–Crippen MR) is 195 cm³/mol. The Labute approximate surface area is 318 Å². The number of nitrogens with two attached hydrogens (primary N) is 2. The highest BCUT2D eigenvalue weighted by Gasteiger charge is 2.40. The average molecular weight is 795 g/mol. The van der Waals surface area contributed by atoms with E-state index in [2.05, 4.69) is 0 Å². The van der Waals surface area contributed by atoms with Crippen molar-refractivity contribution in [1.82, 2.24) is 14.7 Å². The van der Waals surface area contributed by atoms with E-state index in [-0.39, 0.29) is 61.6 Å². The molecule has 5 rings (SSSR count). The first-order valence-electron chi connectivity index (χ1n) is 17.7. The molecule has 0 saturated carbocycles. The molecule has 55 heavy (non-hydrogen) atoms. The first kappa shape index (κ1) is 41.2. The van der Waals surface area contributed by atoms with Gasteiger partial charge in [0.2, 0.25) is 18.2 Å². The SMILES string of the molecule is Nc1ccccc1CCN(C=O)C1CCN(C(=O)C[C@H](Cc2cc(Cl)c(N)c(C(F)(F)F)c2)C(=O)N2CCN(c3ccc(C(=O)C(F)(F)F)cc3)CC2)CC1. The third-order valence-electron chi connectivity index (χ3n) is 10.2. The quantitative estimate of drug-likeness (QED) is 0.102. The van der Waals surface area contributed by atoms with Crippen LogP contribution in [0.5, 0.6) is 0 Å². The lowest BCUT2D eigenvalue weighted by Gasteiger charge is -2.39. The summed E-state index contributed by atoms with van der Waals surface area (Å²) in [6.45, 7) is 1.90. The summed E-state index contributed by atoms with van der Waals surface area (Å²) in [5, 5.41) is -0.337. The fourth-order valence-electron chi connectivity index (χ4n) is 7.11. The number of nitrogen functional groups attached to an aromatic ring is 2. The number of hydrogen-bond donors (Lipinski definition) is 2. The van der Waals surface area contributed by atoms with Crippen LogP contribution in [0.25, 0.3) is 0 Å². The number of carbonyl (C=O) groups excluding carboxylic acids is 4. The Bertz CT molecular complexity index is 1860. The highest BCUT2D eigenvalue weighted by Crippen LogP contribution is 2.38. The lowest BCUT2D eigenvalue weighted by Crippen LogP contribution is -2.51. The minimum Gasteiger partial charge on any atom is -0.399 e. The maximum atomic E-state index is 14.1. The second-order valence-electron chi connectivity index (χ2n) is 13.7. The summed E-state index contributed by atoms with van der Waals surface area (Å²) in [7, 11) is 0. The zero-order valence-electron chi connectivity index (χ0n) is 29.7. The van der Waals surface area contributed by atoms with Crippen LogP contribution in [0, 0.1) is 5.92 Å². The summed E-state index contributed by atoms with van der Waals surface area (Å²) in [5.74, 6) is -3.84. The number of rotatable bonds is 12. The largest absolute Gasteiger partial charge is 0.454 e. The van der Waals surface area contributed by atoms with Crippen LogP contribution in [0.1, 0.15) is 46.3 Å². The van der Waals surface area contributed by atoms with Crippen molar-refractivity contribution in [3.05, 3.63) is 87.9 Å². The van der Waals surface area contributed by atoms with E-state index >= 15 is 0 Å². The Kier molecular flexibility index (Phi) is 12.9. The molecule has 3 amide bonds. The van der Waals surface area contributed by atoms with Crippen LogP contribution in [-0.2, 0) is 33.4 Å². The number of nitrogens with zero attached hydrogens (tertiary/aromatic N) is 4. The zero-order valence-corrected chi connectivity index (χ0v) is 30.5. The van der Waals surface area contributed by atoms with Gasteiger partial charge in [0.25, 0.3) is 5.78 Å². The molecule has 0 bridgehead atoms. The molecule has 0 unspecified atom stereocenters. The molecule has 3 aromatic rings. The van der Waals surface area contributed by atoms with Crippen molar-refractivity contribution in [3.8, 4) is 0 Å². The first-order chi connectivity index (χ1) is 26.0. The number of Topliss-reactive ketones (excluding diaryl/α,β-unsaturated/α-hetero) is 1. The number of para-hydroxylation sites is 1. The van der Waals surface area contributed by atoms with Crippen LogP contribution in [-0.4, -0.2) is 96.7 Å². The van der Waals surface area contributed by atoms with Crippen molar-refractivity contribution in [2.45, 2.75) is 50.5 Å². The van der Waals surface area contributed by atoms with Gasteiger partial charge in [-0.15, -0.1) is 0 Å². The van der Waals surface area contributed by atoms with Gasteiger partial charge in [-0.2, -0.15) is 26.3 Å². The van der Waals surface area contributed by atoms with Gasteiger partial charge in [0.05, 0.1) is 22.2 Å². The second-order valence-corrected chi connectivity index (χ2v) is 14.1. The van der Waals surface area contributed by atoms with Crippen molar-refractivity contribution in [3.63, 3.8) is 0 Å². The van der Waals surface area contributed by atoms with Crippen molar-refractivity contribution < 1.29 is 45.5 Å². The lowest BCUT2D eigenvalue weighted by atomic mass is 9.91. The summed E-state index contributed by atoms with van der Waals surface area (Å²) < 4.78 is 80.0. The van der Waals surface area contributed by atoms with Gasteiger partial charge in [0.15, 0.2) is 0 Å². The number of halogens is 7. The number of piperazine rings is 1. The van der Waals surface area contributed by atoms with Crippen LogP contribution in [0.4, 0.5) is 43.4 Å². The molecule has 0 aliphatic carbocycles. The van der Waals surface area contributed by atoms with E-state index in [0.717, 1.165) is 30.2 Å². The summed E-state index contributed by atoms with van der Waals surface area (Å²) in [6, 6.07) is 14.3. The second kappa shape index (κ2) is 17.2. The molecule has 17 heteroatoms. The number of likely N-dealkylation sites (tertiary alicyclic amines) is 1. The summed E-state index contributed by atoms with van der Waals surface area (Å²) in [4.78, 5) is 58.0. The molecule has 2 saturated heterocycles. The minimum atomic E-state index is -5.01. The number of ketones is 1. The summed E-state index contributed by atoms with van der Waals surface area (Å²) >= 11 is 6.09. The highest BCUT2D eigenvalue weighted by molar-refractivity contribution is 6.33. The predicted octanol–water partition coefficient (Wildman–Crippen LogP) is 5.86. The molecular weight excluding hydrogens is 754 g/mol. The first-order valence-corrected chi connectivity index (χ1v) is 18.1. The zero-order chi connectivity index (χ0) is 40.1. The van der Waals surface area contributed by atoms with Crippen molar-refractivity contribution in [2.75, 3.05) is 62.2 Å². The molecule has 2 aliphatic heterocycles.